The summed E-state index contributed by atoms with van der Waals surface area (Å²) in [4.78, 5) is 44.6. The molecule has 2 aromatic heterocycles. The van der Waals surface area contributed by atoms with E-state index in [0.717, 1.165) is 4.90 Å². The Morgan fingerprint density at radius 3 is 2.59 bits per heavy atom. The maximum atomic E-state index is 13.2. The maximum Gasteiger partial charge on any atom is 0.325 e. The lowest BCUT2D eigenvalue weighted by Gasteiger charge is -2.15. The standard InChI is InChI=1S/C23H20N4O5/c1-3-31-15-10-8-14(9-11-15)26-19(28)12-16(21(26)29)20-13(2)25-27(22(20)30)23-24-17-6-4-5-7-18(17)32-23/h4-11,16,25H,3,12H2,1-2H3/t16-/m1/s1. The number of hydrogen-bond acceptors (Lipinski definition) is 6. The van der Waals surface area contributed by atoms with Crippen LogP contribution in [0.4, 0.5) is 5.69 Å². The van der Waals surface area contributed by atoms with Gasteiger partial charge in [-0.25, -0.2) is 4.90 Å². The number of H-pyrrole nitrogens is 1. The Morgan fingerprint density at radius 2 is 1.88 bits per heavy atom. The number of carbonyl (C=O) groups excluding carboxylic acids is 2. The number of rotatable bonds is 5. The van der Waals surface area contributed by atoms with Crippen LogP contribution in [0.25, 0.3) is 17.1 Å². The third-order valence-corrected chi connectivity index (χ3v) is 5.49. The number of nitrogens with zero attached hydrogens (tertiary/aromatic N) is 3. The van der Waals surface area contributed by atoms with E-state index in [1.54, 1.807) is 43.3 Å². The van der Waals surface area contributed by atoms with Gasteiger partial charge in [-0.05, 0) is 50.2 Å². The molecule has 3 heterocycles. The smallest absolute Gasteiger partial charge is 0.325 e. The number of para-hydroxylation sites is 2. The summed E-state index contributed by atoms with van der Waals surface area (Å²) < 4.78 is 12.3. The Kier molecular flexibility index (Phi) is 4.66. The van der Waals surface area contributed by atoms with Crippen LogP contribution in [-0.2, 0) is 9.59 Å². The molecule has 1 fully saturated rings. The molecule has 4 aromatic rings. The van der Waals surface area contributed by atoms with Crippen molar-refractivity contribution in [3.8, 4) is 11.8 Å². The van der Waals surface area contributed by atoms with Crippen LogP contribution in [-0.4, -0.2) is 33.2 Å². The lowest BCUT2D eigenvalue weighted by Crippen LogP contribution is -2.31. The molecule has 1 atom stereocenters. The minimum Gasteiger partial charge on any atom is -0.494 e. The molecule has 0 spiro atoms. The molecule has 9 nitrogen and oxygen atoms in total. The minimum atomic E-state index is -0.886. The molecule has 9 heteroatoms. The molecule has 0 bridgehead atoms. The largest absolute Gasteiger partial charge is 0.494 e. The van der Waals surface area contributed by atoms with E-state index in [1.165, 1.54) is 4.68 Å². The second-order valence-corrected chi connectivity index (χ2v) is 7.51. The number of carbonyl (C=O) groups is 2. The number of amides is 2. The van der Waals surface area contributed by atoms with Crippen LogP contribution in [0.15, 0.2) is 57.7 Å². The number of fused-ring (bicyclic) bond motifs is 1. The highest BCUT2D eigenvalue weighted by molar-refractivity contribution is 6.22. The Labute approximate surface area is 182 Å². The Morgan fingerprint density at radius 1 is 1.12 bits per heavy atom. The first kappa shape index (κ1) is 19.8. The van der Waals surface area contributed by atoms with E-state index in [1.807, 2.05) is 19.1 Å². The number of aromatic nitrogens is 3. The molecule has 32 heavy (non-hydrogen) atoms. The highest BCUT2D eigenvalue weighted by Gasteiger charge is 2.43. The van der Waals surface area contributed by atoms with E-state index < -0.39 is 17.4 Å². The number of benzene rings is 2. The highest BCUT2D eigenvalue weighted by atomic mass is 16.5. The zero-order valence-electron chi connectivity index (χ0n) is 17.5. The fourth-order valence-corrected chi connectivity index (χ4v) is 4.05. The van der Waals surface area contributed by atoms with E-state index in [2.05, 4.69) is 10.1 Å². The maximum absolute atomic E-state index is 13.2. The van der Waals surface area contributed by atoms with Gasteiger partial charge in [0.25, 0.3) is 5.56 Å². The van der Waals surface area contributed by atoms with Crippen LogP contribution in [0.2, 0.25) is 0 Å². The molecule has 1 aliphatic heterocycles. The molecular formula is C23H20N4O5. The van der Waals surface area contributed by atoms with Gasteiger partial charge >= 0.3 is 6.01 Å². The van der Waals surface area contributed by atoms with Crippen LogP contribution >= 0.6 is 0 Å². The van der Waals surface area contributed by atoms with Crippen molar-refractivity contribution in [3.05, 3.63) is 70.1 Å². The van der Waals surface area contributed by atoms with Crippen molar-refractivity contribution < 1.29 is 18.7 Å². The number of hydrogen-bond donors (Lipinski definition) is 1. The van der Waals surface area contributed by atoms with Gasteiger partial charge in [0, 0.05) is 12.1 Å². The summed E-state index contributed by atoms with van der Waals surface area (Å²) in [5, 5.41) is 2.93. The van der Waals surface area contributed by atoms with Crippen LogP contribution in [0.5, 0.6) is 5.75 Å². The quantitative estimate of drug-likeness (QED) is 0.485. The van der Waals surface area contributed by atoms with Crippen molar-refractivity contribution >= 4 is 28.6 Å². The van der Waals surface area contributed by atoms with Gasteiger partial charge in [-0.2, -0.15) is 9.67 Å². The van der Waals surface area contributed by atoms with E-state index in [-0.39, 0.29) is 23.9 Å². The summed E-state index contributed by atoms with van der Waals surface area (Å²) in [5.74, 6) is -1.04. The molecule has 2 amide bonds. The number of ether oxygens (including phenoxy) is 1. The van der Waals surface area contributed by atoms with Gasteiger partial charge < -0.3 is 9.15 Å². The van der Waals surface area contributed by atoms with Crippen molar-refractivity contribution in [2.75, 3.05) is 11.5 Å². The molecule has 1 aliphatic rings. The number of aryl methyl sites for hydroxylation is 1. The van der Waals surface area contributed by atoms with Crippen molar-refractivity contribution in [1.29, 1.82) is 0 Å². The monoisotopic (exact) mass is 432 g/mol. The third kappa shape index (κ3) is 3.09. The Bertz CT molecular complexity index is 1360. The van der Waals surface area contributed by atoms with E-state index in [0.29, 0.717) is 34.8 Å². The fraction of sp³-hybridized carbons (Fsp3) is 0.217. The number of imide groups is 1. The van der Waals surface area contributed by atoms with Crippen molar-refractivity contribution in [3.63, 3.8) is 0 Å². The molecular weight excluding hydrogens is 412 g/mol. The third-order valence-electron chi connectivity index (χ3n) is 5.49. The van der Waals surface area contributed by atoms with Gasteiger partial charge in [0.15, 0.2) is 5.58 Å². The summed E-state index contributed by atoms with van der Waals surface area (Å²) in [7, 11) is 0. The second kappa shape index (κ2) is 7.52. The fourth-order valence-electron chi connectivity index (χ4n) is 4.05. The SMILES string of the molecule is CCOc1ccc(N2C(=O)C[C@H](c3c(C)[nH]n(-c4nc5ccccc5o4)c3=O)C2=O)cc1. The molecule has 0 unspecified atom stereocenters. The molecule has 0 aliphatic carbocycles. The number of oxazole rings is 1. The Hall–Kier alpha value is -4.14. The van der Waals surface area contributed by atoms with E-state index in [4.69, 9.17) is 9.15 Å². The molecule has 162 valence electrons. The average Bonchev–Trinajstić information content (AvgIpc) is 3.42. The Balaban J connectivity index is 1.49. The van der Waals surface area contributed by atoms with Gasteiger partial charge in [-0.3, -0.25) is 19.5 Å². The molecule has 0 radical (unpaired) electrons. The number of aromatic amines is 1. The van der Waals surface area contributed by atoms with Gasteiger partial charge in [0.2, 0.25) is 11.8 Å². The molecule has 2 aromatic carbocycles. The van der Waals surface area contributed by atoms with Gasteiger partial charge in [0.1, 0.15) is 11.3 Å². The summed E-state index contributed by atoms with van der Waals surface area (Å²) in [6, 6.07) is 14.0. The zero-order valence-corrected chi connectivity index (χ0v) is 17.5. The molecule has 1 N–H and O–H groups in total. The van der Waals surface area contributed by atoms with Crippen LogP contribution in [0.1, 0.15) is 30.5 Å². The summed E-state index contributed by atoms with van der Waals surface area (Å²) >= 11 is 0. The lowest BCUT2D eigenvalue weighted by atomic mass is 9.98. The van der Waals surface area contributed by atoms with Crippen LogP contribution < -0.4 is 15.2 Å². The summed E-state index contributed by atoms with van der Waals surface area (Å²) in [6.45, 7) is 4.08. The predicted molar refractivity (Wildman–Crippen MR) is 116 cm³/mol. The number of anilines is 1. The van der Waals surface area contributed by atoms with E-state index in [9.17, 15) is 14.4 Å². The molecule has 0 saturated carbocycles. The molecule has 5 rings (SSSR count). The molecule has 1 saturated heterocycles. The van der Waals surface area contributed by atoms with Crippen molar-refractivity contribution in [1.82, 2.24) is 14.8 Å². The summed E-state index contributed by atoms with van der Waals surface area (Å²) in [6.07, 6.45) is -0.0897. The van der Waals surface area contributed by atoms with E-state index >= 15 is 0 Å². The van der Waals surface area contributed by atoms with Crippen molar-refractivity contribution in [2.24, 2.45) is 0 Å². The van der Waals surface area contributed by atoms with Gasteiger partial charge in [0.05, 0.1) is 23.8 Å². The first-order valence-corrected chi connectivity index (χ1v) is 10.2. The highest BCUT2D eigenvalue weighted by Crippen LogP contribution is 2.34. The van der Waals surface area contributed by atoms with Gasteiger partial charge in [-0.1, -0.05) is 12.1 Å². The number of nitrogens with one attached hydrogen (secondary N) is 1. The normalized spacial score (nSPS) is 16.3. The summed E-state index contributed by atoms with van der Waals surface area (Å²) in [5.41, 5.74) is 1.84. The van der Waals surface area contributed by atoms with Gasteiger partial charge in [-0.15, -0.1) is 0 Å². The minimum absolute atomic E-state index is 0.0747. The topological polar surface area (TPSA) is 110 Å². The first-order chi connectivity index (χ1) is 15.5. The first-order valence-electron chi connectivity index (χ1n) is 10.2. The zero-order chi connectivity index (χ0) is 22.4. The van der Waals surface area contributed by atoms with Crippen LogP contribution in [0, 0.1) is 6.92 Å². The second-order valence-electron chi connectivity index (χ2n) is 7.51. The average molecular weight is 432 g/mol. The predicted octanol–water partition coefficient (Wildman–Crippen LogP) is 3.06. The van der Waals surface area contributed by atoms with Crippen molar-refractivity contribution in [2.45, 2.75) is 26.2 Å². The lowest BCUT2D eigenvalue weighted by molar-refractivity contribution is -0.121. The van der Waals surface area contributed by atoms with Crippen LogP contribution in [0.3, 0.4) is 0 Å².